The molecule has 0 aliphatic carbocycles. The molecule has 0 radical (unpaired) electrons. The highest BCUT2D eigenvalue weighted by Gasteiger charge is 2.24. The lowest BCUT2D eigenvalue weighted by molar-refractivity contribution is -0.146. The number of hydrogen-bond acceptors (Lipinski definition) is 5. The Labute approximate surface area is 131 Å². The van der Waals surface area contributed by atoms with Crippen LogP contribution < -0.4 is 10.7 Å². The van der Waals surface area contributed by atoms with Crippen LogP contribution in [0.25, 0.3) is 0 Å². The quantitative estimate of drug-likeness (QED) is 0.816. The number of aryl methyl sites for hydroxylation is 1. The molecule has 8 heteroatoms. The first-order chi connectivity index (χ1) is 10.9. The molecule has 0 saturated carbocycles. The molecule has 0 unspecified atom stereocenters. The van der Waals surface area contributed by atoms with Crippen LogP contribution in [0.15, 0.2) is 23.3 Å². The van der Waals surface area contributed by atoms with Gasteiger partial charge < -0.3 is 10.1 Å². The molecule has 0 spiro atoms. The summed E-state index contributed by atoms with van der Waals surface area (Å²) < 4.78 is 18.4. The molecule has 2 N–H and O–H groups in total. The minimum Gasteiger partial charge on any atom is -0.448 e. The maximum absolute atomic E-state index is 13.4. The van der Waals surface area contributed by atoms with Crippen molar-refractivity contribution in [3.63, 3.8) is 0 Å². The van der Waals surface area contributed by atoms with Gasteiger partial charge in [0.05, 0.1) is 0 Å². The summed E-state index contributed by atoms with van der Waals surface area (Å²) >= 11 is 0. The highest BCUT2D eigenvalue weighted by atomic mass is 19.1. The van der Waals surface area contributed by atoms with Gasteiger partial charge in [0.25, 0.3) is 5.91 Å². The van der Waals surface area contributed by atoms with Gasteiger partial charge in [0.15, 0.2) is 6.10 Å². The molecule has 2 rings (SSSR count). The van der Waals surface area contributed by atoms with Gasteiger partial charge in [-0.1, -0.05) is 6.07 Å². The predicted molar refractivity (Wildman–Crippen MR) is 80.1 cm³/mol. The summed E-state index contributed by atoms with van der Waals surface area (Å²) in [5.74, 6) is -2.10. The van der Waals surface area contributed by atoms with E-state index < -0.39 is 23.8 Å². The van der Waals surface area contributed by atoms with E-state index in [0.717, 1.165) is 0 Å². The van der Waals surface area contributed by atoms with Crippen LogP contribution in [0.5, 0.6) is 0 Å². The Kier molecular flexibility index (Phi) is 5.05. The van der Waals surface area contributed by atoms with Gasteiger partial charge in [-0.05, 0) is 31.5 Å². The second-order valence-electron chi connectivity index (χ2n) is 5.09. The maximum atomic E-state index is 13.4. The zero-order valence-electron chi connectivity index (χ0n) is 12.7. The number of hydrogen-bond donors (Lipinski definition) is 2. The van der Waals surface area contributed by atoms with E-state index in [1.54, 1.807) is 13.0 Å². The van der Waals surface area contributed by atoms with E-state index in [1.807, 2.05) is 0 Å². The Morgan fingerprint density at radius 1 is 1.39 bits per heavy atom. The molecular weight excluding hydrogens is 305 g/mol. The van der Waals surface area contributed by atoms with Gasteiger partial charge in [-0.3, -0.25) is 9.59 Å². The van der Waals surface area contributed by atoms with Gasteiger partial charge in [0, 0.05) is 18.5 Å². The van der Waals surface area contributed by atoms with Crippen LogP contribution in [0.2, 0.25) is 0 Å². The second-order valence-corrected chi connectivity index (χ2v) is 5.09. The smallest absolute Gasteiger partial charge is 0.355 e. The topological polar surface area (TPSA) is 96.9 Å². The summed E-state index contributed by atoms with van der Waals surface area (Å²) in [6.45, 7) is 2.99. The van der Waals surface area contributed by atoms with Crippen LogP contribution in [-0.2, 0) is 19.1 Å². The van der Waals surface area contributed by atoms with Crippen molar-refractivity contribution < 1.29 is 23.5 Å². The largest absolute Gasteiger partial charge is 0.448 e. The van der Waals surface area contributed by atoms with Gasteiger partial charge in [-0.25, -0.2) is 14.6 Å². The Balaban J connectivity index is 1.93. The number of hydrazone groups is 1. The van der Waals surface area contributed by atoms with E-state index in [9.17, 15) is 18.8 Å². The van der Waals surface area contributed by atoms with E-state index in [1.165, 1.54) is 19.1 Å². The maximum Gasteiger partial charge on any atom is 0.355 e. The van der Waals surface area contributed by atoms with Crippen molar-refractivity contribution in [1.29, 1.82) is 0 Å². The number of carbonyl (C=O) groups is 3. The zero-order chi connectivity index (χ0) is 17.0. The first-order valence-electron chi connectivity index (χ1n) is 7.00. The van der Waals surface area contributed by atoms with Crippen LogP contribution in [-0.4, -0.2) is 29.6 Å². The van der Waals surface area contributed by atoms with E-state index in [0.29, 0.717) is 5.56 Å². The molecule has 0 aromatic heterocycles. The minimum atomic E-state index is -1.09. The molecule has 0 saturated heterocycles. The molecular formula is C15H16FN3O4. The number of esters is 1. The molecule has 1 atom stereocenters. The van der Waals surface area contributed by atoms with Crippen molar-refractivity contribution >= 4 is 29.2 Å². The Morgan fingerprint density at radius 2 is 2.13 bits per heavy atom. The van der Waals surface area contributed by atoms with Crippen molar-refractivity contribution in [3.8, 4) is 0 Å². The van der Waals surface area contributed by atoms with E-state index in [4.69, 9.17) is 4.74 Å². The summed E-state index contributed by atoms with van der Waals surface area (Å²) in [6, 6.07) is 4.26. The van der Waals surface area contributed by atoms with Crippen LogP contribution in [0.4, 0.5) is 10.1 Å². The molecule has 0 fully saturated rings. The molecule has 1 aromatic rings. The molecule has 7 nitrogen and oxygen atoms in total. The fourth-order valence-corrected chi connectivity index (χ4v) is 1.82. The average molecular weight is 321 g/mol. The summed E-state index contributed by atoms with van der Waals surface area (Å²) in [4.78, 5) is 34.7. The Hall–Kier alpha value is -2.77. The van der Waals surface area contributed by atoms with Crippen molar-refractivity contribution in [2.24, 2.45) is 5.10 Å². The lowest BCUT2D eigenvalue weighted by atomic mass is 10.2. The molecule has 1 aromatic carbocycles. The number of amides is 2. The number of ether oxygens (including phenoxy) is 1. The predicted octanol–water partition coefficient (Wildman–Crippen LogP) is 1.27. The van der Waals surface area contributed by atoms with Gasteiger partial charge in [0.2, 0.25) is 5.91 Å². The molecule has 1 heterocycles. The van der Waals surface area contributed by atoms with Gasteiger partial charge in [-0.15, -0.1) is 0 Å². The van der Waals surface area contributed by atoms with Crippen molar-refractivity contribution in [1.82, 2.24) is 5.43 Å². The van der Waals surface area contributed by atoms with E-state index >= 15 is 0 Å². The van der Waals surface area contributed by atoms with E-state index in [-0.39, 0.29) is 30.1 Å². The fourth-order valence-electron chi connectivity index (χ4n) is 1.82. The molecule has 0 bridgehead atoms. The first-order valence-corrected chi connectivity index (χ1v) is 7.00. The summed E-state index contributed by atoms with van der Waals surface area (Å²) in [7, 11) is 0. The third-order valence-corrected chi connectivity index (χ3v) is 3.23. The standard InChI is InChI=1S/C15H16FN3O4/c1-8-3-4-10(7-11(8)16)17-14(21)9(2)23-15(22)12-5-6-13(20)19-18-12/h3-4,7,9H,5-6H2,1-2H3,(H,17,21)(H,19,20)/t9-/m0/s1. The highest BCUT2D eigenvalue weighted by molar-refractivity contribution is 6.37. The number of carbonyl (C=O) groups excluding carboxylic acids is 3. The third kappa shape index (κ3) is 4.35. The van der Waals surface area contributed by atoms with Crippen LogP contribution >= 0.6 is 0 Å². The third-order valence-electron chi connectivity index (χ3n) is 3.23. The first kappa shape index (κ1) is 16.6. The molecule has 122 valence electrons. The second kappa shape index (κ2) is 6.99. The Morgan fingerprint density at radius 3 is 2.74 bits per heavy atom. The summed E-state index contributed by atoms with van der Waals surface area (Å²) in [5, 5.41) is 6.05. The minimum absolute atomic E-state index is 0.0469. The number of nitrogens with zero attached hydrogens (tertiary/aromatic N) is 1. The number of benzene rings is 1. The molecule has 2 amide bonds. The monoisotopic (exact) mass is 321 g/mol. The van der Waals surface area contributed by atoms with Crippen molar-refractivity contribution in [2.75, 3.05) is 5.32 Å². The molecule has 1 aliphatic rings. The summed E-state index contributed by atoms with van der Waals surface area (Å²) in [6.07, 6.45) is -0.800. The van der Waals surface area contributed by atoms with Crippen molar-refractivity contribution in [3.05, 3.63) is 29.6 Å². The SMILES string of the molecule is Cc1ccc(NC(=O)[C@H](C)OC(=O)C2=NNC(=O)CC2)cc1F. The fraction of sp³-hybridized carbons (Fsp3) is 0.333. The van der Waals surface area contributed by atoms with Crippen molar-refractivity contribution in [2.45, 2.75) is 32.8 Å². The number of rotatable bonds is 4. The van der Waals surface area contributed by atoms with Crippen LogP contribution in [0.3, 0.4) is 0 Å². The average Bonchev–Trinajstić information content (AvgIpc) is 2.51. The number of nitrogens with one attached hydrogen (secondary N) is 2. The summed E-state index contributed by atoms with van der Waals surface area (Å²) in [5.41, 5.74) is 2.94. The lowest BCUT2D eigenvalue weighted by Gasteiger charge is -2.16. The number of halogens is 1. The van der Waals surface area contributed by atoms with Crippen LogP contribution in [0, 0.1) is 12.7 Å². The molecule has 1 aliphatic heterocycles. The highest BCUT2D eigenvalue weighted by Crippen LogP contribution is 2.14. The van der Waals surface area contributed by atoms with E-state index in [2.05, 4.69) is 15.8 Å². The Bertz CT molecular complexity index is 687. The zero-order valence-corrected chi connectivity index (χ0v) is 12.7. The lowest BCUT2D eigenvalue weighted by Crippen LogP contribution is -2.35. The normalized spacial score (nSPS) is 15.3. The van der Waals surface area contributed by atoms with Gasteiger partial charge in [-0.2, -0.15) is 5.10 Å². The van der Waals surface area contributed by atoms with Crippen LogP contribution in [0.1, 0.15) is 25.3 Å². The number of anilines is 1. The van der Waals surface area contributed by atoms with Gasteiger partial charge in [0.1, 0.15) is 11.5 Å². The van der Waals surface area contributed by atoms with Gasteiger partial charge >= 0.3 is 5.97 Å². The molecule has 23 heavy (non-hydrogen) atoms.